The number of hydrogen-bond donors (Lipinski definition) is 0. The van der Waals surface area contributed by atoms with Gasteiger partial charge in [0.05, 0.1) is 11.8 Å². The van der Waals surface area contributed by atoms with Crippen LogP contribution in [0.25, 0.3) is 0 Å². The molecule has 0 radical (unpaired) electrons. The largest absolute Gasteiger partial charge is 0.355 e. The van der Waals surface area contributed by atoms with Gasteiger partial charge in [-0.05, 0) is 31.4 Å². The van der Waals surface area contributed by atoms with Crippen molar-refractivity contribution in [3.8, 4) is 6.07 Å². The molecule has 0 aliphatic carbocycles. The zero-order valence-electron chi connectivity index (χ0n) is 10.3. The number of rotatable bonds is 3. The molecule has 1 aromatic rings. The van der Waals surface area contributed by atoms with E-state index in [4.69, 9.17) is 5.26 Å². The van der Waals surface area contributed by atoms with E-state index in [1.54, 1.807) is 0 Å². The molecule has 1 aliphatic heterocycles. The Hall–Kier alpha value is -1.63. The molecule has 1 fully saturated rings. The average molecular weight is 230 g/mol. The van der Waals surface area contributed by atoms with Gasteiger partial charge >= 0.3 is 0 Å². The van der Waals surface area contributed by atoms with Crippen molar-refractivity contribution in [2.45, 2.75) is 32.6 Å². The van der Waals surface area contributed by atoms with Crippen LogP contribution in [0.5, 0.6) is 0 Å². The SMILES string of the molecule is CCCc1ccc(N2CCC(C#N)CC2)nn1. The van der Waals surface area contributed by atoms with E-state index >= 15 is 0 Å². The van der Waals surface area contributed by atoms with E-state index in [2.05, 4.69) is 34.2 Å². The first kappa shape index (κ1) is 11.8. The van der Waals surface area contributed by atoms with E-state index in [0.29, 0.717) is 0 Å². The van der Waals surface area contributed by atoms with Crippen LogP contribution < -0.4 is 4.90 Å². The van der Waals surface area contributed by atoms with Crippen LogP contribution in [0.2, 0.25) is 0 Å². The van der Waals surface area contributed by atoms with Crippen LogP contribution in [-0.2, 0) is 6.42 Å². The fourth-order valence-corrected chi connectivity index (χ4v) is 2.15. The van der Waals surface area contributed by atoms with Crippen molar-refractivity contribution in [3.63, 3.8) is 0 Å². The molecule has 0 aromatic carbocycles. The quantitative estimate of drug-likeness (QED) is 0.798. The molecule has 4 nitrogen and oxygen atoms in total. The van der Waals surface area contributed by atoms with Crippen molar-refractivity contribution < 1.29 is 0 Å². The number of nitriles is 1. The molecule has 0 amide bonds. The van der Waals surface area contributed by atoms with Gasteiger partial charge in [-0.15, -0.1) is 5.10 Å². The first-order valence-corrected chi connectivity index (χ1v) is 6.30. The summed E-state index contributed by atoms with van der Waals surface area (Å²) < 4.78 is 0. The van der Waals surface area contributed by atoms with Gasteiger partial charge in [0.15, 0.2) is 5.82 Å². The molecule has 2 heterocycles. The number of nitrogens with zero attached hydrogens (tertiary/aromatic N) is 4. The lowest BCUT2D eigenvalue weighted by Crippen LogP contribution is -2.33. The molecule has 1 aromatic heterocycles. The lowest BCUT2D eigenvalue weighted by molar-refractivity contribution is 0.484. The Balaban J connectivity index is 1.97. The summed E-state index contributed by atoms with van der Waals surface area (Å²) in [5.41, 5.74) is 1.06. The molecule has 2 rings (SSSR count). The Bertz CT molecular complexity index is 385. The number of piperidine rings is 1. The van der Waals surface area contributed by atoms with Crippen LogP contribution >= 0.6 is 0 Å². The second-order valence-electron chi connectivity index (χ2n) is 4.52. The minimum atomic E-state index is 0.221. The third kappa shape index (κ3) is 2.94. The van der Waals surface area contributed by atoms with Gasteiger partial charge in [0.1, 0.15) is 0 Å². The van der Waals surface area contributed by atoms with Gasteiger partial charge in [0.2, 0.25) is 0 Å². The van der Waals surface area contributed by atoms with Crippen molar-refractivity contribution in [1.82, 2.24) is 10.2 Å². The summed E-state index contributed by atoms with van der Waals surface area (Å²) in [6.45, 7) is 3.97. The van der Waals surface area contributed by atoms with E-state index < -0.39 is 0 Å². The lowest BCUT2D eigenvalue weighted by atomic mass is 9.99. The van der Waals surface area contributed by atoms with Gasteiger partial charge in [0, 0.05) is 19.0 Å². The second-order valence-corrected chi connectivity index (χ2v) is 4.52. The zero-order chi connectivity index (χ0) is 12.1. The Morgan fingerprint density at radius 2 is 2.12 bits per heavy atom. The van der Waals surface area contributed by atoms with Gasteiger partial charge in [-0.25, -0.2) is 0 Å². The molecule has 0 atom stereocenters. The summed E-state index contributed by atoms with van der Waals surface area (Å²) in [7, 11) is 0. The molecule has 0 saturated carbocycles. The van der Waals surface area contributed by atoms with Crippen molar-refractivity contribution in [1.29, 1.82) is 5.26 Å². The smallest absolute Gasteiger partial charge is 0.151 e. The number of hydrogen-bond acceptors (Lipinski definition) is 4. The van der Waals surface area contributed by atoms with Gasteiger partial charge in [-0.2, -0.15) is 10.4 Å². The second kappa shape index (κ2) is 5.62. The monoisotopic (exact) mass is 230 g/mol. The first-order valence-electron chi connectivity index (χ1n) is 6.30. The van der Waals surface area contributed by atoms with Gasteiger partial charge in [0.25, 0.3) is 0 Å². The normalized spacial score (nSPS) is 16.8. The molecule has 1 aliphatic rings. The van der Waals surface area contributed by atoms with E-state index in [9.17, 15) is 0 Å². The third-order valence-corrected chi connectivity index (χ3v) is 3.21. The summed E-state index contributed by atoms with van der Waals surface area (Å²) in [5.74, 6) is 1.17. The molecule has 0 spiro atoms. The Labute approximate surface area is 102 Å². The summed E-state index contributed by atoms with van der Waals surface area (Å²) in [6, 6.07) is 6.44. The number of anilines is 1. The fourth-order valence-electron chi connectivity index (χ4n) is 2.15. The highest BCUT2D eigenvalue weighted by atomic mass is 15.3. The summed E-state index contributed by atoms with van der Waals surface area (Å²) in [6.07, 6.45) is 3.97. The number of aromatic nitrogens is 2. The van der Waals surface area contributed by atoms with Crippen LogP contribution in [-0.4, -0.2) is 23.3 Å². The third-order valence-electron chi connectivity index (χ3n) is 3.21. The Kier molecular flexibility index (Phi) is 3.92. The molecular formula is C13H18N4. The van der Waals surface area contributed by atoms with Crippen LogP contribution in [0, 0.1) is 17.2 Å². The standard InChI is InChI=1S/C13H18N4/c1-2-3-12-4-5-13(16-15-12)17-8-6-11(10-14)7-9-17/h4-5,11H,2-3,6-9H2,1H3. The van der Waals surface area contributed by atoms with Crippen molar-refractivity contribution in [2.24, 2.45) is 5.92 Å². The lowest BCUT2D eigenvalue weighted by Gasteiger charge is -2.29. The maximum absolute atomic E-state index is 8.85. The molecular weight excluding hydrogens is 212 g/mol. The highest BCUT2D eigenvalue weighted by molar-refractivity contribution is 5.37. The molecule has 1 saturated heterocycles. The van der Waals surface area contributed by atoms with Gasteiger partial charge in [-0.1, -0.05) is 13.3 Å². The van der Waals surface area contributed by atoms with Gasteiger partial charge in [-0.3, -0.25) is 0 Å². The van der Waals surface area contributed by atoms with Gasteiger partial charge < -0.3 is 4.90 Å². The van der Waals surface area contributed by atoms with E-state index in [1.165, 1.54) is 0 Å². The summed E-state index contributed by atoms with van der Waals surface area (Å²) in [5, 5.41) is 17.3. The van der Waals surface area contributed by atoms with Crippen LogP contribution in [0.4, 0.5) is 5.82 Å². The molecule has 0 bridgehead atoms. The maximum Gasteiger partial charge on any atom is 0.151 e. The van der Waals surface area contributed by atoms with Crippen LogP contribution in [0.1, 0.15) is 31.9 Å². The van der Waals surface area contributed by atoms with Crippen LogP contribution in [0.15, 0.2) is 12.1 Å². The minimum absolute atomic E-state index is 0.221. The Morgan fingerprint density at radius 1 is 1.35 bits per heavy atom. The summed E-state index contributed by atoms with van der Waals surface area (Å²) >= 11 is 0. The molecule has 4 heteroatoms. The molecule has 90 valence electrons. The molecule has 0 N–H and O–H groups in total. The maximum atomic E-state index is 8.85. The zero-order valence-corrected chi connectivity index (χ0v) is 10.3. The van der Waals surface area contributed by atoms with Crippen molar-refractivity contribution in [2.75, 3.05) is 18.0 Å². The van der Waals surface area contributed by atoms with Crippen LogP contribution in [0.3, 0.4) is 0 Å². The topological polar surface area (TPSA) is 52.8 Å². The molecule has 17 heavy (non-hydrogen) atoms. The predicted octanol–water partition coefficient (Wildman–Crippen LogP) is 2.17. The number of aryl methyl sites for hydroxylation is 1. The Morgan fingerprint density at radius 3 is 2.65 bits per heavy atom. The van der Waals surface area contributed by atoms with Crippen molar-refractivity contribution in [3.05, 3.63) is 17.8 Å². The van der Waals surface area contributed by atoms with Crippen molar-refractivity contribution >= 4 is 5.82 Å². The first-order chi connectivity index (χ1) is 8.33. The molecule has 0 unspecified atom stereocenters. The van der Waals surface area contributed by atoms with E-state index in [1.807, 2.05) is 6.07 Å². The van der Waals surface area contributed by atoms with E-state index in [0.717, 1.165) is 50.3 Å². The highest BCUT2D eigenvalue weighted by Crippen LogP contribution is 2.20. The average Bonchev–Trinajstić information content (AvgIpc) is 2.40. The predicted molar refractivity (Wildman–Crippen MR) is 66.6 cm³/mol. The summed E-state index contributed by atoms with van der Waals surface area (Å²) in [4.78, 5) is 2.22. The highest BCUT2D eigenvalue weighted by Gasteiger charge is 2.19. The van der Waals surface area contributed by atoms with E-state index in [-0.39, 0.29) is 5.92 Å². The fraction of sp³-hybridized carbons (Fsp3) is 0.615. The minimum Gasteiger partial charge on any atom is -0.355 e.